The van der Waals surface area contributed by atoms with Crippen LogP contribution in [0.15, 0.2) is 11.6 Å². The van der Waals surface area contributed by atoms with Gasteiger partial charge in [-0.25, -0.2) is 9.78 Å². The first kappa shape index (κ1) is 13.8. The smallest absolute Gasteiger partial charge is 0.323 e. The number of aliphatic carboxylic acids is 1. The van der Waals surface area contributed by atoms with Gasteiger partial charge in [0.2, 0.25) is 0 Å². The summed E-state index contributed by atoms with van der Waals surface area (Å²) in [7, 11) is 0. The number of nitrogens with zero attached hydrogens (tertiary/aromatic N) is 3. The molecule has 1 aliphatic heterocycles. The predicted octanol–water partition coefficient (Wildman–Crippen LogP) is 0.766. The molecule has 0 saturated carbocycles. The quantitative estimate of drug-likeness (QED) is 0.856. The van der Waals surface area contributed by atoms with Gasteiger partial charge in [0.25, 0.3) is 0 Å². The zero-order valence-corrected chi connectivity index (χ0v) is 11.4. The lowest BCUT2D eigenvalue weighted by Crippen LogP contribution is -2.53. The first-order chi connectivity index (χ1) is 9.08. The third-order valence-electron chi connectivity index (χ3n) is 3.15. The third kappa shape index (κ3) is 3.42. The number of aromatic nitrogens is 1. The maximum absolute atomic E-state index is 11.9. The number of carboxylic acids is 1. The molecule has 1 aromatic rings. The van der Waals surface area contributed by atoms with E-state index in [9.17, 15) is 9.59 Å². The molecule has 1 aliphatic rings. The van der Waals surface area contributed by atoms with Crippen LogP contribution >= 0.6 is 11.3 Å². The zero-order chi connectivity index (χ0) is 13.8. The van der Waals surface area contributed by atoms with E-state index in [-0.39, 0.29) is 6.03 Å². The molecule has 2 heterocycles. The molecule has 2 amide bonds. The van der Waals surface area contributed by atoms with Crippen molar-refractivity contribution in [3.05, 3.63) is 11.6 Å². The minimum Gasteiger partial charge on any atom is -0.480 e. The molecule has 104 valence electrons. The molecule has 0 aliphatic carbocycles. The van der Waals surface area contributed by atoms with Crippen molar-refractivity contribution in [1.29, 1.82) is 0 Å². The van der Waals surface area contributed by atoms with E-state index < -0.39 is 12.0 Å². The largest absolute Gasteiger partial charge is 0.480 e. The fraction of sp³-hybridized carbons (Fsp3) is 0.545. The van der Waals surface area contributed by atoms with Crippen molar-refractivity contribution < 1.29 is 14.7 Å². The number of hydrogen-bond acceptors (Lipinski definition) is 5. The number of rotatable bonds is 3. The molecule has 0 spiro atoms. The molecule has 2 rings (SSSR count). The van der Waals surface area contributed by atoms with Crippen LogP contribution in [0.5, 0.6) is 0 Å². The predicted molar refractivity (Wildman–Crippen MR) is 71.4 cm³/mol. The summed E-state index contributed by atoms with van der Waals surface area (Å²) in [6.07, 6.45) is 1.63. The lowest BCUT2D eigenvalue weighted by molar-refractivity contribution is -0.143. The van der Waals surface area contributed by atoms with Gasteiger partial charge in [-0.1, -0.05) is 0 Å². The molecule has 0 radical (unpaired) electrons. The molecule has 1 saturated heterocycles. The molecule has 1 aromatic heterocycles. The molecule has 19 heavy (non-hydrogen) atoms. The average Bonchev–Trinajstić information content (AvgIpc) is 2.90. The lowest BCUT2D eigenvalue weighted by Gasteiger charge is -2.36. The first-order valence-electron chi connectivity index (χ1n) is 6.00. The van der Waals surface area contributed by atoms with Crippen molar-refractivity contribution >= 4 is 28.5 Å². The molecule has 7 nitrogen and oxygen atoms in total. The number of piperazine rings is 1. The molecule has 0 aromatic carbocycles. The maximum Gasteiger partial charge on any atom is 0.323 e. The summed E-state index contributed by atoms with van der Waals surface area (Å²) >= 11 is 1.37. The molecule has 1 fully saturated rings. The third-order valence-corrected chi connectivity index (χ3v) is 3.84. The van der Waals surface area contributed by atoms with Gasteiger partial charge >= 0.3 is 12.0 Å². The van der Waals surface area contributed by atoms with Crippen LogP contribution in [-0.4, -0.2) is 64.1 Å². The number of anilines is 1. The summed E-state index contributed by atoms with van der Waals surface area (Å²) in [6.45, 7) is 3.84. The molecular weight excluding hydrogens is 268 g/mol. The summed E-state index contributed by atoms with van der Waals surface area (Å²) in [5.41, 5.74) is 0. The van der Waals surface area contributed by atoms with E-state index in [4.69, 9.17) is 5.11 Å². The fourth-order valence-electron chi connectivity index (χ4n) is 1.92. The van der Waals surface area contributed by atoms with Crippen molar-refractivity contribution in [2.75, 3.05) is 31.5 Å². The zero-order valence-electron chi connectivity index (χ0n) is 10.6. The Balaban J connectivity index is 1.83. The molecule has 1 atom stereocenters. The van der Waals surface area contributed by atoms with Crippen molar-refractivity contribution in [2.45, 2.75) is 13.0 Å². The maximum atomic E-state index is 11.9. The fourth-order valence-corrected chi connectivity index (χ4v) is 2.44. The Labute approximate surface area is 114 Å². The molecule has 2 N–H and O–H groups in total. The van der Waals surface area contributed by atoms with Gasteiger partial charge in [0.1, 0.15) is 6.04 Å². The minimum atomic E-state index is -0.833. The number of thiazole rings is 1. The van der Waals surface area contributed by atoms with Crippen LogP contribution in [0.25, 0.3) is 0 Å². The van der Waals surface area contributed by atoms with Crippen molar-refractivity contribution in [2.24, 2.45) is 0 Å². The Hall–Kier alpha value is -1.67. The van der Waals surface area contributed by atoms with Crippen LogP contribution in [0, 0.1) is 0 Å². The Morgan fingerprint density at radius 2 is 2.11 bits per heavy atom. The Kier molecular flexibility index (Phi) is 4.33. The number of carbonyl (C=O) groups is 2. The van der Waals surface area contributed by atoms with Crippen molar-refractivity contribution in [1.82, 2.24) is 14.8 Å². The highest BCUT2D eigenvalue weighted by molar-refractivity contribution is 7.13. The number of amides is 2. The van der Waals surface area contributed by atoms with Gasteiger partial charge in [-0.3, -0.25) is 15.0 Å². The van der Waals surface area contributed by atoms with Gasteiger partial charge in [-0.2, -0.15) is 0 Å². The topological polar surface area (TPSA) is 85.8 Å². The van der Waals surface area contributed by atoms with Crippen LogP contribution < -0.4 is 5.32 Å². The summed E-state index contributed by atoms with van der Waals surface area (Å²) in [5.74, 6) is -0.833. The van der Waals surface area contributed by atoms with Crippen LogP contribution in [0.3, 0.4) is 0 Å². The van der Waals surface area contributed by atoms with Gasteiger partial charge in [-0.05, 0) is 6.92 Å². The Bertz CT molecular complexity index is 443. The highest BCUT2D eigenvalue weighted by atomic mass is 32.1. The van der Waals surface area contributed by atoms with E-state index in [1.165, 1.54) is 11.3 Å². The van der Waals surface area contributed by atoms with Gasteiger partial charge in [0, 0.05) is 37.8 Å². The number of urea groups is 1. The standard InChI is InChI=1S/C11H16N4O3S/c1-8(9(16)17)14-3-5-15(6-4-14)11(18)13-10-12-2-7-19-10/h2,7-8H,3-6H2,1H3,(H,16,17)(H,12,13,18). The highest BCUT2D eigenvalue weighted by Crippen LogP contribution is 2.13. The average molecular weight is 284 g/mol. The van der Waals surface area contributed by atoms with Gasteiger partial charge in [-0.15, -0.1) is 11.3 Å². The second kappa shape index (κ2) is 5.98. The molecule has 0 bridgehead atoms. The monoisotopic (exact) mass is 284 g/mol. The van der Waals surface area contributed by atoms with Crippen LogP contribution in [-0.2, 0) is 4.79 Å². The molecule has 1 unspecified atom stereocenters. The second-order valence-corrected chi connectivity index (χ2v) is 5.20. The first-order valence-corrected chi connectivity index (χ1v) is 6.88. The van der Waals surface area contributed by atoms with Crippen LogP contribution in [0.2, 0.25) is 0 Å². The van der Waals surface area contributed by atoms with Crippen molar-refractivity contribution in [3.8, 4) is 0 Å². The summed E-state index contributed by atoms with van der Waals surface area (Å²) in [4.78, 5) is 30.3. The summed E-state index contributed by atoms with van der Waals surface area (Å²) < 4.78 is 0. The normalized spacial score (nSPS) is 18.1. The van der Waals surface area contributed by atoms with Crippen LogP contribution in [0.1, 0.15) is 6.92 Å². The molecular formula is C11H16N4O3S. The number of hydrogen-bond donors (Lipinski definition) is 2. The van der Waals surface area contributed by atoms with Crippen LogP contribution in [0.4, 0.5) is 9.93 Å². The highest BCUT2D eigenvalue weighted by Gasteiger charge is 2.27. The second-order valence-electron chi connectivity index (χ2n) is 4.30. The Morgan fingerprint density at radius 1 is 1.42 bits per heavy atom. The number of carboxylic acid groups (broad SMARTS) is 1. The van der Waals surface area contributed by atoms with E-state index in [1.54, 1.807) is 23.4 Å². The summed E-state index contributed by atoms with van der Waals surface area (Å²) in [6, 6.07) is -0.693. The van der Waals surface area contributed by atoms with Crippen molar-refractivity contribution in [3.63, 3.8) is 0 Å². The summed E-state index contributed by atoms with van der Waals surface area (Å²) in [5, 5.41) is 14.0. The van der Waals surface area contributed by atoms with E-state index in [0.29, 0.717) is 31.3 Å². The lowest BCUT2D eigenvalue weighted by atomic mass is 10.2. The SMILES string of the molecule is CC(C(=O)O)N1CCN(C(=O)Nc2nccs2)CC1. The van der Waals surface area contributed by atoms with E-state index >= 15 is 0 Å². The minimum absolute atomic E-state index is 0.183. The van der Waals surface area contributed by atoms with Gasteiger partial charge in [0.15, 0.2) is 5.13 Å². The number of nitrogens with one attached hydrogen (secondary N) is 1. The van der Waals surface area contributed by atoms with Gasteiger partial charge in [0.05, 0.1) is 0 Å². The number of carbonyl (C=O) groups excluding carboxylic acids is 1. The Morgan fingerprint density at radius 3 is 2.63 bits per heavy atom. The molecule has 8 heteroatoms. The van der Waals surface area contributed by atoms with Gasteiger partial charge < -0.3 is 10.0 Å². The van der Waals surface area contributed by atoms with E-state index in [2.05, 4.69) is 10.3 Å². The van der Waals surface area contributed by atoms with E-state index in [0.717, 1.165) is 0 Å². The van der Waals surface area contributed by atoms with E-state index in [1.807, 2.05) is 4.90 Å².